The number of hydrogen-bond donors (Lipinski definition) is 1. The van der Waals surface area contributed by atoms with Gasteiger partial charge in [0, 0.05) is 39.1 Å². The SMILES string of the molecule is CC.CCCCCC.CN1C=C(c2ccc3c(c2)N(C)CC3)CN1. The first kappa shape index (κ1) is 20.6. The van der Waals surface area contributed by atoms with Crippen molar-refractivity contribution in [1.82, 2.24) is 10.4 Å². The van der Waals surface area contributed by atoms with E-state index >= 15 is 0 Å². The van der Waals surface area contributed by atoms with Gasteiger partial charge in [-0.1, -0.05) is 65.5 Å². The molecule has 0 bridgehead atoms. The van der Waals surface area contributed by atoms with Crippen LogP contribution in [0.1, 0.15) is 64.5 Å². The Bertz CT molecular complexity index is 504. The molecule has 0 amide bonds. The number of hydrazine groups is 1. The molecule has 0 aromatic heterocycles. The molecule has 24 heavy (non-hydrogen) atoms. The number of nitrogens with one attached hydrogen (secondary N) is 1. The fourth-order valence-electron chi connectivity index (χ4n) is 2.95. The standard InChI is InChI=1S/C13H17N3.C6H14.C2H6/c1-15-6-5-10-3-4-11(7-13(10)15)12-8-14-16(2)9-12;1-3-5-6-4-2;1-2/h3-4,7,9,14H,5-6,8H2,1-2H3;3-6H2,1-2H3;1-2H3. The smallest absolute Gasteiger partial charge is 0.0421 e. The maximum Gasteiger partial charge on any atom is 0.0421 e. The van der Waals surface area contributed by atoms with Crippen molar-refractivity contribution < 1.29 is 0 Å². The van der Waals surface area contributed by atoms with Crippen LogP contribution in [0, 0.1) is 0 Å². The van der Waals surface area contributed by atoms with E-state index in [2.05, 4.69) is 55.6 Å². The van der Waals surface area contributed by atoms with E-state index in [0.717, 1.165) is 13.1 Å². The first-order valence-corrected chi connectivity index (χ1v) is 9.67. The van der Waals surface area contributed by atoms with Crippen LogP contribution in [0.25, 0.3) is 5.57 Å². The van der Waals surface area contributed by atoms with Gasteiger partial charge in [0.05, 0.1) is 0 Å². The molecule has 0 radical (unpaired) electrons. The van der Waals surface area contributed by atoms with Crippen molar-refractivity contribution in [1.29, 1.82) is 0 Å². The molecule has 2 aliphatic heterocycles. The van der Waals surface area contributed by atoms with Gasteiger partial charge in [-0.15, -0.1) is 0 Å². The van der Waals surface area contributed by atoms with Crippen LogP contribution in [0.4, 0.5) is 5.69 Å². The topological polar surface area (TPSA) is 18.5 Å². The number of fused-ring (bicyclic) bond motifs is 1. The van der Waals surface area contributed by atoms with Crippen LogP contribution in [0.15, 0.2) is 24.4 Å². The lowest BCUT2D eigenvalue weighted by molar-refractivity contribution is 0.374. The van der Waals surface area contributed by atoms with Crippen LogP contribution in [-0.4, -0.2) is 32.2 Å². The van der Waals surface area contributed by atoms with Crippen LogP contribution in [0.2, 0.25) is 0 Å². The van der Waals surface area contributed by atoms with Gasteiger partial charge in [0.2, 0.25) is 0 Å². The first-order chi connectivity index (χ1) is 11.7. The molecule has 1 aromatic carbocycles. The van der Waals surface area contributed by atoms with Crippen LogP contribution >= 0.6 is 0 Å². The highest BCUT2D eigenvalue weighted by atomic mass is 15.5. The highest BCUT2D eigenvalue weighted by Crippen LogP contribution is 2.30. The minimum absolute atomic E-state index is 0.930. The molecule has 136 valence electrons. The highest BCUT2D eigenvalue weighted by molar-refractivity contribution is 5.73. The van der Waals surface area contributed by atoms with Gasteiger partial charge in [-0.3, -0.25) is 0 Å². The zero-order chi connectivity index (χ0) is 17.9. The Hall–Kier alpha value is -1.48. The molecular weight excluding hydrogens is 294 g/mol. The van der Waals surface area contributed by atoms with Crippen molar-refractivity contribution in [3.63, 3.8) is 0 Å². The molecule has 2 aliphatic rings. The maximum atomic E-state index is 3.27. The third-order valence-corrected chi connectivity index (χ3v) is 4.41. The monoisotopic (exact) mass is 331 g/mol. The van der Waals surface area contributed by atoms with Crippen molar-refractivity contribution >= 4 is 11.3 Å². The molecule has 0 saturated heterocycles. The van der Waals surface area contributed by atoms with Gasteiger partial charge in [0.15, 0.2) is 0 Å². The second-order valence-corrected chi connectivity index (χ2v) is 6.32. The summed E-state index contributed by atoms with van der Waals surface area (Å²) in [4.78, 5) is 2.34. The molecule has 1 N–H and O–H groups in total. The lowest BCUT2D eigenvalue weighted by Crippen LogP contribution is -2.23. The summed E-state index contributed by atoms with van der Waals surface area (Å²) in [5, 5.41) is 2.02. The number of benzene rings is 1. The summed E-state index contributed by atoms with van der Waals surface area (Å²) in [5.41, 5.74) is 8.85. The van der Waals surface area contributed by atoms with E-state index in [4.69, 9.17) is 0 Å². The average Bonchev–Trinajstić information content (AvgIpc) is 3.21. The number of unbranched alkanes of at least 4 members (excludes halogenated alkanes) is 3. The Kier molecular flexibility index (Phi) is 9.55. The summed E-state index contributed by atoms with van der Waals surface area (Å²) < 4.78 is 0. The molecule has 0 spiro atoms. The summed E-state index contributed by atoms with van der Waals surface area (Å²) in [6, 6.07) is 6.83. The number of hydrogen-bond acceptors (Lipinski definition) is 3. The van der Waals surface area contributed by atoms with Gasteiger partial charge in [-0.2, -0.15) is 0 Å². The van der Waals surface area contributed by atoms with Crippen molar-refractivity contribution in [3.05, 3.63) is 35.5 Å². The average molecular weight is 332 g/mol. The van der Waals surface area contributed by atoms with Gasteiger partial charge in [-0.05, 0) is 29.2 Å². The quantitative estimate of drug-likeness (QED) is 0.776. The molecule has 1 aromatic rings. The minimum Gasteiger partial charge on any atom is -0.374 e. The van der Waals surface area contributed by atoms with Gasteiger partial charge in [0.1, 0.15) is 0 Å². The van der Waals surface area contributed by atoms with Crippen LogP contribution in [0.3, 0.4) is 0 Å². The van der Waals surface area contributed by atoms with E-state index in [1.54, 1.807) is 0 Å². The molecule has 0 fully saturated rings. The van der Waals surface area contributed by atoms with Crippen molar-refractivity contribution in [2.75, 3.05) is 32.1 Å². The highest BCUT2D eigenvalue weighted by Gasteiger charge is 2.17. The predicted octanol–water partition coefficient (Wildman–Crippen LogP) is 5.08. The van der Waals surface area contributed by atoms with E-state index in [-0.39, 0.29) is 0 Å². The van der Waals surface area contributed by atoms with Gasteiger partial charge >= 0.3 is 0 Å². The Morgan fingerprint density at radius 2 is 1.71 bits per heavy atom. The summed E-state index contributed by atoms with van der Waals surface area (Å²) in [7, 11) is 4.20. The van der Waals surface area contributed by atoms with E-state index in [9.17, 15) is 0 Å². The molecule has 0 unspecified atom stereocenters. The second kappa shape index (κ2) is 11.1. The molecule has 0 aliphatic carbocycles. The predicted molar refractivity (Wildman–Crippen MR) is 108 cm³/mol. The lowest BCUT2D eigenvalue weighted by Gasteiger charge is -2.13. The molecule has 3 nitrogen and oxygen atoms in total. The van der Waals surface area contributed by atoms with Gasteiger partial charge in [0.25, 0.3) is 0 Å². The van der Waals surface area contributed by atoms with E-state index in [1.807, 2.05) is 25.9 Å². The summed E-state index contributed by atoms with van der Waals surface area (Å²) in [6.07, 6.45) is 8.88. The molecule has 0 atom stereocenters. The van der Waals surface area contributed by atoms with Gasteiger partial charge in [-0.25, -0.2) is 5.43 Å². The molecule has 3 heteroatoms. The van der Waals surface area contributed by atoms with Crippen molar-refractivity contribution in [3.8, 4) is 0 Å². The number of anilines is 1. The number of rotatable bonds is 4. The third-order valence-electron chi connectivity index (χ3n) is 4.41. The fourth-order valence-corrected chi connectivity index (χ4v) is 2.95. The molecule has 3 rings (SSSR count). The number of likely N-dealkylation sites (N-methyl/N-ethyl adjacent to an activating group) is 1. The summed E-state index contributed by atoms with van der Waals surface area (Å²) >= 11 is 0. The molecule has 0 saturated carbocycles. The Labute approximate surface area is 149 Å². The Morgan fingerprint density at radius 1 is 1.04 bits per heavy atom. The second-order valence-electron chi connectivity index (χ2n) is 6.32. The Balaban J connectivity index is 0.000000309. The van der Waals surface area contributed by atoms with E-state index in [1.165, 1.54) is 54.5 Å². The number of nitrogens with zero attached hydrogens (tertiary/aromatic N) is 2. The van der Waals surface area contributed by atoms with Crippen LogP contribution < -0.4 is 10.3 Å². The Morgan fingerprint density at radius 3 is 2.25 bits per heavy atom. The van der Waals surface area contributed by atoms with Gasteiger partial charge < -0.3 is 9.91 Å². The van der Waals surface area contributed by atoms with E-state index < -0.39 is 0 Å². The third kappa shape index (κ3) is 5.86. The zero-order valence-electron chi connectivity index (χ0n) is 16.7. The van der Waals surface area contributed by atoms with Crippen LogP contribution in [0.5, 0.6) is 0 Å². The molecule has 2 heterocycles. The van der Waals surface area contributed by atoms with Crippen LogP contribution in [-0.2, 0) is 6.42 Å². The zero-order valence-corrected chi connectivity index (χ0v) is 16.7. The first-order valence-electron chi connectivity index (χ1n) is 9.67. The lowest BCUT2D eigenvalue weighted by atomic mass is 10.0. The van der Waals surface area contributed by atoms with Crippen molar-refractivity contribution in [2.24, 2.45) is 0 Å². The molecular formula is C21H37N3. The van der Waals surface area contributed by atoms with Crippen molar-refractivity contribution in [2.45, 2.75) is 59.8 Å². The minimum atomic E-state index is 0.930. The fraction of sp³-hybridized carbons (Fsp3) is 0.619. The largest absolute Gasteiger partial charge is 0.374 e. The maximum absolute atomic E-state index is 3.27. The van der Waals surface area contributed by atoms with E-state index in [0.29, 0.717) is 0 Å². The normalized spacial score (nSPS) is 15.2. The summed E-state index contributed by atoms with van der Waals surface area (Å²) in [5.74, 6) is 0. The summed E-state index contributed by atoms with van der Waals surface area (Å²) in [6.45, 7) is 10.5.